The maximum atomic E-state index is 13.5. The van der Waals surface area contributed by atoms with E-state index in [0.29, 0.717) is 11.8 Å². The average Bonchev–Trinajstić information content (AvgIpc) is 2.55. The van der Waals surface area contributed by atoms with Gasteiger partial charge in [-0.25, -0.2) is 13.6 Å². The van der Waals surface area contributed by atoms with E-state index in [1.54, 1.807) is 12.1 Å². The van der Waals surface area contributed by atoms with E-state index in [1.165, 1.54) is 6.92 Å². The molecule has 0 aliphatic rings. The van der Waals surface area contributed by atoms with Crippen molar-refractivity contribution < 1.29 is 23.1 Å². The molecule has 0 radical (unpaired) electrons. The molecule has 0 spiro atoms. The van der Waals surface area contributed by atoms with Crippen LogP contribution in [0.4, 0.5) is 14.5 Å². The summed E-state index contributed by atoms with van der Waals surface area (Å²) in [5.41, 5.74) is 1.26. The van der Waals surface area contributed by atoms with Crippen LogP contribution in [0, 0.1) is 11.6 Å². The van der Waals surface area contributed by atoms with Crippen molar-refractivity contribution in [2.45, 2.75) is 26.4 Å². The Bertz CT molecular complexity index is 744. The second kappa shape index (κ2) is 7.68. The Morgan fingerprint density at radius 3 is 2.38 bits per heavy atom. The maximum absolute atomic E-state index is 13.5. The highest BCUT2D eigenvalue weighted by atomic mass is 19.1. The van der Waals surface area contributed by atoms with E-state index in [9.17, 15) is 18.4 Å². The van der Waals surface area contributed by atoms with Crippen LogP contribution in [0.25, 0.3) is 0 Å². The van der Waals surface area contributed by atoms with Crippen LogP contribution in [0.3, 0.4) is 0 Å². The summed E-state index contributed by atoms with van der Waals surface area (Å²) in [6.07, 6.45) is -0.251. The molecule has 0 heterocycles. The average molecular weight is 333 g/mol. The number of benzene rings is 2. The Kier molecular flexibility index (Phi) is 5.63. The zero-order valence-corrected chi connectivity index (χ0v) is 13.3. The molecule has 24 heavy (non-hydrogen) atoms. The van der Waals surface area contributed by atoms with Gasteiger partial charge in [0.05, 0.1) is 5.56 Å². The molecule has 0 saturated heterocycles. The van der Waals surface area contributed by atoms with Crippen molar-refractivity contribution in [1.82, 2.24) is 0 Å². The highest BCUT2D eigenvalue weighted by Crippen LogP contribution is 2.14. The number of rotatable bonds is 5. The molecular formula is C18H17F2NO3. The van der Waals surface area contributed by atoms with Crippen LogP contribution in [0.5, 0.6) is 0 Å². The van der Waals surface area contributed by atoms with E-state index in [2.05, 4.69) is 5.32 Å². The predicted molar refractivity (Wildman–Crippen MR) is 85.7 cm³/mol. The predicted octanol–water partition coefficient (Wildman–Crippen LogP) is 3.71. The van der Waals surface area contributed by atoms with Gasteiger partial charge in [0.1, 0.15) is 11.6 Å². The lowest BCUT2D eigenvalue weighted by atomic mass is 10.1. The van der Waals surface area contributed by atoms with Crippen LogP contribution in [-0.4, -0.2) is 18.0 Å². The lowest BCUT2D eigenvalue weighted by molar-refractivity contribution is -0.123. The molecule has 0 aliphatic heterocycles. The molecule has 0 unspecified atom stereocenters. The van der Waals surface area contributed by atoms with E-state index >= 15 is 0 Å². The molecule has 2 aromatic carbocycles. The molecule has 0 aromatic heterocycles. The Labute approximate surface area is 138 Å². The summed E-state index contributed by atoms with van der Waals surface area (Å²) < 4.78 is 31.3. The van der Waals surface area contributed by atoms with Crippen LogP contribution in [0.2, 0.25) is 0 Å². The molecule has 2 rings (SSSR count). The van der Waals surface area contributed by atoms with Gasteiger partial charge in [0.15, 0.2) is 6.10 Å². The van der Waals surface area contributed by atoms with Crippen molar-refractivity contribution in [1.29, 1.82) is 0 Å². The van der Waals surface area contributed by atoms with E-state index in [-0.39, 0.29) is 0 Å². The van der Waals surface area contributed by atoms with Gasteiger partial charge in [-0.05, 0) is 43.2 Å². The first-order chi connectivity index (χ1) is 11.4. The van der Waals surface area contributed by atoms with Gasteiger partial charge in [-0.2, -0.15) is 0 Å². The third-order valence-corrected chi connectivity index (χ3v) is 3.43. The fraction of sp³-hybridized carbons (Fsp3) is 0.222. The zero-order chi connectivity index (χ0) is 17.7. The molecule has 0 bridgehead atoms. The molecule has 0 aliphatic carbocycles. The summed E-state index contributed by atoms with van der Waals surface area (Å²) in [6, 6.07) is 9.73. The van der Waals surface area contributed by atoms with E-state index in [1.807, 2.05) is 19.1 Å². The van der Waals surface area contributed by atoms with Crippen LogP contribution in [-0.2, 0) is 16.0 Å². The van der Waals surface area contributed by atoms with Gasteiger partial charge >= 0.3 is 5.97 Å². The minimum atomic E-state index is -1.13. The normalized spacial score (nSPS) is 11.7. The third-order valence-electron chi connectivity index (χ3n) is 3.43. The van der Waals surface area contributed by atoms with E-state index in [4.69, 9.17) is 4.74 Å². The van der Waals surface area contributed by atoms with Crippen LogP contribution in [0.15, 0.2) is 42.5 Å². The van der Waals surface area contributed by atoms with Gasteiger partial charge in [-0.1, -0.05) is 19.1 Å². The summed E-state index contributed by atoms with van der Waals surface area (Å²) in [7, 11) is 0. The van der Waals surface area contributed by atoms with Gasteiger partial charge in [0.2, 0.25) is 0 Å². The Morgan fingerprint density at radius 1 is 1.12 bits per heavy atom. The lowest BCUT2D eigenvalue weighted by Gasteiger charge is -2.14. The smallest absolute Gasteiger partial charge is 0.341 e. The highest BCUT2D eigenvalue weighted by molar-refractivity contribution is 5.97. The molecule has 0 saturated carbocycles. The van der Waals surface area contributed by atoms with Gasteiger partial charge in [-0.15, -0.1) is 0 Å². The van der Waals surface area contributed by atoms with E-state index in [0.717, 1.165) is 24.1 Å². The number of hydrogen-bond donors (Lipinski definition) is 1. The SMILES string of the molecule is CCc1ccc(NC(=O)[C@@H](C)OC(=O)c2ccc(F)cc2F)cc1. The molecule has 2 aromatic rings. The minimum absolute atomic E-state index is 0.427. The van der Waals surface area contributed by atoms with Gasteiger partial charge in [0, 0.05) is 11.8 Å². The van der Waals surface area contributed by atoms with Crippen molar-refractivity contribution in [2.24, 2.45) is 0 Å². The quantitative estimate of drug-likeness (QED) is 0.849. The van der Waals surface area contributed by atoms with Crippen molar-refractivity contribution in [3.8, 4) is 0 Å². The molecule has 1 N–H and O–H groups in total. The van der Waals surface area contributed by atoms with E-state index < -0.39 is 35.2 Å². The number of ether oxygens (including phenoxy) is 1. The number of halogens is 2. The fourth-order valence-corrected chi connectivity index (χ4v) is 2.00. The molecule has 126 valence electrons. The first-order valence-electron chi connectivity index (χ1n) is 7.46. The van der Waals surface area contributed by atoms with Gasteiger partial charge < -0.3 is 10.1 Å². The molecule has 0 fully saturated rings. The summed E-state index contributed by atoms with van der Waals surface area (Å²) in [5, 5.41) is 2.60. The highest BCUT2D eigenvalue weighted by Gasteiger charge is 2.21. The van der Waals surface area contributed by atoms with Crippen molar-refractivity contribution >= 4 is 17.6 Å². The summed E-state index contributed by atoms with van der Waals surface area (Å²) >= 11 is 0. The molecular weight excluding hydrogens is 316 g/mol. The number of anilines is 1. The standard InChI is InChI=1S/C18H17F2NO3/c1-3-12-4-7-14(8-5-12)21-17(22)11(2)24-18(23)15-9-6-13(19)10-16(15)20/h4-11H,3H2,1-2H3,(H,21,22)/t11-/m1/s1. The Balaban J connectivity index is 1.98. The first-order valence-corrected chi connectivity index (χ1v) is 7.46. The van der Waals surface area contributed by atoms with Gasteiger partial charge in [0.25, 0.3) is 5.91 Å². The second-order valence-corrected chi connectivity index (χ2v) is 5.21. The topological polar surface area (TPSA) is 55.4 Å². The van der Waals surface area contributed by atoms with Gasteiger partial charge in [-0.3, -0.25) is 4.79 Å². The number of carbonyl (C=O) groups is 2. The largest absolute Gasteiger partial charge is 0.449 e. The summed E-state index contributed by atoms with van der Waals surface area (Å²) in [4.78, 5) is 23.9. The monoisotopic (exact) mass is 333 g/mol. The van der Waals surface area contributed by atoms with Crippen LogP contribution < -0.4 is 5.32 Å². The number of esters is 1. The van der Waals surface area contributed by atoms with Crippen molar-refractivity contribution in [3.05, 3.63) is 65.2 Å². The second-order valence-electron chi connectivity index (χ2n) is 5.21. The minimum Gasteiger partial charge on any atom is -0.449 e. The van der Waals surface area contributed by atoms with Crippen molar-refractivity contribution in [2.75, 3.05) is 5.32 Å². The maximum Gasteiger partial charge on any atom is 0.341 e. The number of hydrogen-bond acceptors (Lipinski definition) is 3. The molecule has 6 heteroatoms. The lowest BCUT2D eigenvalue weighted by Crippen LogP contribution is -2.30. The third kappa shape index (κ3) is 4.38. The number of amides is 1. The molecule has 4 nitrogen and oxygen atoms in total. The Hall–Kier alpha value is -2.76. The summed E-state index contributed by atoms with van der Waals surface area (Å²) in [6.45, 7) is 3.39. The van der Waals surface area contributed by atoms with Crippen LogP contribution >= 0.6 is 0 Å². The number of aryl methyl sites for hydroxylation is 1. The summed E-state index contributed by atoms with van der Waals surface area (Å²) in [5.74, 6) is -3.42. The number of carbonyl (C=O) groups excluding carboxylic acids is 2. The molecule has 1 amide bonds. The Morgan fingerprint density at radius 2 is 1.79 bits per heavy atom. The number of nitrogens with one attached hydrogen (secondary N) is 1. The van der Waals surface area contributed by atoms with Crippen LogP contribution in [0.1, 0.15) is 29.8 Å². The van der Waals surface area contributed by atoms with Crippen molar-refractivity contribution in [3.63, 3.8) is 0 Å². The zero-order valence-electron chi connectivity index (χ0n) is 13.3. The first kappa shape index (κ1) is 17.6. The fourth-order valence-electron chi connectivity index (χ4n) is 2.00. The molecule has 1 atom stereocenters.